The molecule has 0 unspecified atom stereocenters. The molecule has 0 aliphatic rings. The van der Waals surface area contributed by atoms with Gasteiger partial charge in [0.15, 0.2) is 0 Å². The lowest BCUT2D eigenvalue weighted by Gasteiger charge is -2.13. The van der Waals surface area contributed by atoms with Crippen LogP contribution in [0.4, 0.5) is 10.1 Å². The van der Waals surface area contributed by atoms with Crippen molar-refractivity contribution in [1.29, 1.82) is 0 Å². The van der Waals surface area contributed by atoms with Crippen molar-refractivity contribution in [1.82, 2.24) is 0 Å². The summed E-state index contributed by atoms with van der Waals surface area (Å²) in [5.74, 6) is -0.575. The molecule has 3 nitrogen and oxygen atoms in total. The van der Waals surface area contributed by atoms with E-state index in [9.17, 15) is 9.50 Å². The zero-order chi connectivity index (χ0) is 10.7. The minimum absolute atomic E-state index is 0. The lowest BCUT2D eigenvalue weighted by molar-refractivity contribution is 0.457. The van der Waals surface area contributed by atoms with Crippen LogP contribution in [-0.4, -0.2) is 5.11 Å². The molecular formula is C10H16ClFN2O. The monoisotopic (exact) mass is 234 g/mol. The molecule has 1 aromatic rings. The van der Waals surface area contributed by atoms with Gasteiger partial charge in [0.25, 0.3) is 0 Å². The predicted molar refractivity (Wildman–Crippen MR) is 61.6 cm³/mol. The van der Waals surface area contributed by atoms with Crippen LogP contribution < -0.4 is 11.5 Å². The van der Waals surface area contributed by atoms with E-state index in [1.54, 1.807) is 0 Å². The number of hydrogen-bond donors (Lipinski definition) is 3. The summed E-state index contributed by atoms with van der Waals surface area (Å²) in [7, 11) is 0. The molecule has 86 valence electrons. The van der Waals surface area contributed by atoms with Gasteiger partial charge in [0.05, 0.1) is 5.69 Å². The molecule has 0 spiro atoms. The molecule has 0 fully saturated rings. The Morgan fingerprint density at radius 3 is 2.60 bits per heavy atom. The Labute approximate surface area is 94.7 Å². The van der Waals surface area contributed by atoms with Crippen molar-refractivity contribution in [3.63, 3.8) is 0 Å². The fourth-order valence-electron chi connectivity index (χ4n) is 1.39. The Balaban J connectivity index is 0.00000196. The Morgan fingerprint density at radius 2 is 2.07 bits per heavy atom. The standard InChI is InChI=1S/C10H15FN2O.ClH/c1-2-3-8(12)7-4-6(11)5-9(13)10(7)14;/h4-5,8,14H,2-3,12-13H2,1H3;1H/t8-;/m1./s1. The van der Waals surface area contributed by atoms with Gasteiger partial charge in [0.1, 0.15) is 11.6 Å². The van der Waals surface area contributed by atoms with Gasteiger partial charge in [-0.2, -0.15) is 0 Å². The third-order valence-electron chi connectivity index (χ3n) is 2.13. The summed E-state index contributed by atoms with van der Waals surface area (Å²) in [6.07, 6.45) is 1.56. The van der Waals surface area contributed by atoms with Crippen molar-refractivity contribution < 1.29 is 9.50 Å². The van der Waals surface area contributed by atoms with Crippen LogP contribution in [-0.2, 0) is 0 Å². The predicted octanol–water partition coefficient (Wildman–Crippen LogP) is 2.34. The summed E-state index contributed by atoms with van der Waals surface area (Å²) in [5, 5.41) is 9.55. The lowest BCUT2D eigenvalue weighted by Crippen LogP contribution is -2.11. The summed E-state index contributed by atoms with van der Waals surface area (Å²) in [4.78, 5) is 0. The minimum atomic E-state index is -0.471. The van der Waals surface area contributed by atoms with Crippen molar-refractivity contribution in [2.45, 2.75) is 25.8 Å². The number of aromatic hydroxyl groups is 1. The van der Waals surface area contributed by atoms with Crippen LogP contribution >= 0.6 is 12.4 Å². The number of nitrogen functional groups attached to an aromatic ring is 1. The van der Waals surface area contributed by atoms with E-state index in [2.05, 4.69) is 0 Å². The largest absolute Gasteiger partial charge is 0.505 e. The average molecular weight is 235 g/mol. The summed E-state index contributed by atoms with van der Waals surface area (Å²) < 4.78 is 13.0. The van der Waals surface area contributed by atoms with Crippen molar-refractivity contribution in [3.05, 3.63) is 23.5 Å². The van der Waals surface area contributed by atoms with Gasteiger partial charge >= 0.3 is 0 Å². The van der Waals surface area contributed by atoms with E-state index in [1.807, 2.05) is 6.92 Å². The Morgan fingerprint density at radius 1 is 1.47 bits per heavy atom. The topological polar surface area (TPSA) is 72.3 Å². The van der Waals surface area contributed by atoms with E-state index >= 15 is 0 Å². The second-order valence-electron chi connectivity index (χ2n) is 3.33. The zero-order valence-electron chi connectivity index (χ0n) is 8.53. The lowest BCUT2D eigenvalue weighted by atomic mass is 10.0. The normalized spacial score (nSPS) is 11.9. The summed E-state index contributed by atoms with van der Waals surface area (Å²) >= 11 is 0. The number of hydrogen-bond acceptors (Lipinski definition) is 3. The molecule has 0 aliphatic heterocycles. The maximum absolute atomic E-state index is 13.0. The molecular weight excluding hydrogens is 219 g/mol. The van der Waals surface area contributed by atoms with Gasteiger partial charge in [-0.25, -0.2) is 4.39 Å². The minimum Gasteiger partial charge on any atom is -0.505 e. The number of nitrogens with two attached hydrogens (primary N) is 2. The molecule has 0 aliphatic carbocycles. The quantitative estimate of drug-likeness (QED) is 0.555. The highest BCUT2D eigenvalue weighted by Crippen LogP contribution is 2.31. The average Bonchev–Trinajstić information content (AvgIpc) is 2.11. The molecule has 0 saturated carbocycles. The second-order valence-corrected chi connectivity index (χ2v) is 3.33. The van der Waals surface area contributed by atoms with E-state index in [0.717, 1.165) is 12.5 Å². The van der Waals surface area contributed by atoms with Gasteiger partial charge in [-0.1, -0.05) is 13.3 Å². The van der Waals surface area contributed by atoms with Crippen molar-refractivity contribution in [2.75, 3.05) is 5.73 Å². The number of benzene rings is 1. The third-order valence-corrected chi connectivity index (χ3v) is 2.13. The van der Waals surface area contributed by atoms with E-state index < -0.39 is 5.82 Å². The summed E-state index contributed by atoms with van der Waals surface area (Å²) in [6, 6.07) is 1.95. The van der Waals surface area contributed by atoms with Crippen LogP contribution in [0.15, 0.2) is 12.1 Å². The van der Waals surface area contributed by atoms with Crippen LogP contribution in [0.2, 0.25) is 0 Å². The fraction of sp³-hybridized carbons (Fsp3) is 0.400. The van der Waals surface area contributed by atoms with E-state index in [0.29, 0.717) is 12.0 Å². The molecule has 0 heterocycles. The molecule has 0 amide bonds. The van der Waals surface area contributed by atoms with Crippen LogP contribution in [0.1, 0.15) is 31.4 Å². The number of anilines is 1. The molecule has 15 heavy (non-hydrogen) atoms. The van der Waals surface area contributed by atoms with Gasteiger partial charge in [0.2, 0.25) is 0 Å². The SMILES string of the molecule is CCC[C@@H](N)c1cc(F)cc(N)c1O.Cl. The highest BCUT2D eigenvalue weighted by molar-refractivity contribution is 5.85. The first-order valence-electron chi connectivity index (χ1n) is 4.59. The Kier molecular flexibility index (Phi) is 5.39. The van der Waals surface area contributed by atoms with Crippen LogP contribution in [0.25, 0.3) is 0 Å². The highest BCUT2D eigenvalue weighted by atomic mass is 35.5. The third kappa shape index (κ3) is 3.25. The van der Waals surface area contributed by atoms with Gasteiger partial charge in [-0.05, 0) is 12.5 Å². The molecule has 0 saturated heterocycles. The van der Waals surface area contributed by atoms with Crippen molar-refractivity contribution in [2.24, 2.45) is 5.73 Å². The first-order valence-corrected chi connectivity index (χ1v) is 4.59. The summed E-state index contributed by atoms with van der Waals surface area (Å²) in [6.45, 7) is 1.97. The maximum atomic E-state index is 13.0. The number of phenols is 1. The Bertz CT molecular complexity index is 333. The molecule has 5 heteroatoms. The van der Waals surface area contributed by atoms with Crippen LogP contribution in [0.5, 0.6) is 5.75 Å². The molecule has 0 aromatic heterocycles. The van der Waals surface area contributed by atoms with E-state index in [1.165, 1.54) is 6.07 Å². The molecule has 1 rings (SSSR count). The van der Waals surface area contributed by atoms with E-state index in [4.69, 9.17) is 11.5 Å². The van der Waals surface area contributed by atoms with E-state index in [-0.39, 0.29) is 29.9 Å². The van der Waals surface area contributed by atoms with Crippen molar-refractivity contribution in [3.8, 4) is 5.75 Å². The zero-order valence-corrected chi connectivity index (χ0v) is 9.35. The molecule has 0 bridgehead atoms. The first kappa shape index (κ1) is 14.0. The summed E-state index contributed by atoms with van der Waals surface area (Å²) in [5.41, 5.74) is 11.6. The van der Waals surface area contributed by atoms with Crippen LogP contribution in [0.3, 0.4) is 0 Å². The number of phenolic OH excluding ortho intramolecular Hbond substituents is 1. The maximum Gasteiger partial charge on any atom is 0.143 e. The van der Waals surface area contributed by atoms with Gasteiger partial charge in [0, 0.05) is 17.7 Å². The molecule has 1 atom stereocenters. The fourth-order valence-corrected chi connectivity index (χ4v) is 1.39. The Hall–Kier alpha value is -1.000. The first-order chi connectivity index (χ1) is 6.56. The van der Waals surface area contributed by atoms with Crippen LogP contribution in [0, 0.1) is 5.82 Å². The number of rotatable bonds is 3. The highest BCUT2D eigenvalue weighted by Gasteiger charge is 2.13. The molecule has 1 aromatic carbocycles. The van der Waals surface area contributed by atoms with Gasteiger partial charge < -0.3 is 16.6 Å². The van der Waals surface area contributed by atoms with Gasteiger partial charge in [-0.3, -0.25) is 0 Å². The number of halogens is 2. The van der Waals surface area contributed by atoms with Gasteiger partial charge in [-0.15, -0.1) is 12.4 Å². The smallest absolute Gasteiger partial charge is 0.143 e. The van der Waals surface area contributed by atoms with Crippen molar-refractivity contribution >= 4 is 18.1 Å². The molecule has 0 radical (unpaired) electrons. The second kappa shape index (κ2) is 5.78. The molecule has 5 N–H and O–H groups in total.